The summed E-state index contributed by atoms with van der Waals surface area (Å²) < 4.78 is 7.31. The number of hydrogen-bond donors (Lipinski definition) is 1. The minimum atomic E-state index is -0.378. The van der Waals surface area contributed by atoms with Crippen molar-refractivity contribution in [3.63, 3.8) is 0 Å². The summed E-state index contributed by atoms with van der Waals surface area (Å²) in [5, 5.41) is 0.450. The van der Waals surface area contributed by atoms with Gasteiger partial charge in [0.2, 0.25) is 0 Å². The first-order chi connectivity index (χ1) is 15.3. The zero-order valence-electron chi connectivity index (χ0n) is 19.2. The number of hydroxylamine groups is 1. The lowest BCUT2D eigenvalue weighted by atomic mass is 10.1. The van der Waals surface area contributed by atoms with Crippen molar-refractivity contribution in [2.75, 3.05) is 26.8 Å². The van der Waals surface area contributed by atoms with Gasteiger partial charge in [-0.1, -0.05) is 6.07 Å². The van der Waals surface area contributed by atoms with Crippen LogP contribution in [-0.4, -0.2) is 53.2 Å². The van der Waals surface area contributed by atoms with Gasteiger partial charge in [0.1, 0.15) is 18.7 Å². The molecule has 1 aromatic heterocycles. The number of fused-ring (bicyclic) bond motifs is 1. The molecule has 0 fully saturated rings. The SMILES string of the molecule is CCONC(=O)c1ccc(C)c(-n2cnc3ccc(OCCN(C)C(C)C)cc3c2=O)c1. The summed E-state index contributed by atoms with van der Waals surface area (Å²) in [6.45, 7) is 9.57. The second kappa shape index (κ2) is 10.4. The fraction of sp³-hybridized carbons (Fsp3) is 0.375. The van der Waals surface area contributed by atoms with Crippen LogP contribution in [0.25, 0.3) is 16.6 Å². The molecule has 8 heteroatoms. The summed E-state index contributed by atoms with van der Waals surface area (Å²) in [5.74, 6) is 0.241. The Morgan fingerprint density at radius 1 is 1.22 bits per heavy atom. The maximum atomic E-state index is 13.3. The molecule has 0 unspecified atom stereocenters. The molecule has 0 aliphatic rings. The van der Waals surface area contributed by atoms with Gasteiger partial charge >= 0.3 is 0 Å². The topological polar surface area (TPSA) is 85.7 Å². The van der Waals surface area contributed by atoms with Gasteiger partial charge in [-0.2, -0.15) is 0 Å². The van der Waals surface area contributed by atoms with Gasteiger partial charge in [-0.05, 0) is 70.6 Å². The van der Waals surface area contributed by atoms with Crippen molar-refractivity contribution in [2.45, 2.75) is 33.7 Å². The number of aryl methyl sites for hydroxylation is 1. The summed E-state index contributed by atoms with van der Waals surface area (Å²) in [6.07, 6.45) is 1.48. The number of ether oxygens (including phenoxy) is 1. The Labute approximate surface area is 187 Å². The third-order valence-corrected chi connectivity index (χ3v) is 5.36. The maximum absolute atomic E-state index is 13.3. The third-order valence-electron chi connectivity index (χ3n) is 5.36. The van der Waals surface area contributed by atoms with Crippen LogP contribution in [0.15, 0.2) is 47.5 Å². The summed E-state index contributed by atoms with van der Waals surface area (Å²) >= 11 is 0. The molecule has 0 saturated carbocycles. The van der Waals surface area contributed by atoms with Crippen molar-refractivity contribution in [1.82, 2.24) is 19.9 Å². The first-order valence-electron chi connectivity index (χ1n) is 10.7. The van der Waals surface area contributed by atoms with E-state index < -0.39 is 0 Å². The van der Waals surface area contributed by atoms with E-state index in [1.807, 2.05) is 20.0 Å². The van der Waals surface area contributed by atoms with Gasteiger partial charge in [0.05, 0.1) is 23.2 Å². The quantitative estimate of drug-likeness (QED) is 0.517. The van der Waals surface area contributed by atoms with Crippen molar-refractivity contribution in [1.29, 1.82) is 0 Å². The highest BCUT2D eigenvalue weighted by atomic mass is 16.6. The van der Waals surface area contributed by atoms with Gasteiger partial charge in [-0.3, -0.25) is 19.0 Å². The summed E-state index contributed by atoms with van der Waals surface area (Å²) in [4.78, 5) is 37.2. The molecule has 0 aliphatic heterocycles. The van der Waals surface area contributed by atoms with E-state index in [9.17, 15) is 9.59 Å². The smallest absolute Gasteiger partial charge is 0.274 e. The number of benzene rings is 2. The lowest BCUT2D eigenvalue weighted by Gasteiger charge is -2.20. The Kier molecular flexibility index (Phi) is 7.61. The van der Waals surface area contributed by atoms with Gasteiger partial charge in [0, 0.05) is 18.2 Å². The number of amides is 1. The summed E-state index contributed by atoms with van der Waals surface area (Å²) in [7, 11) is 2.04. The highest BCUT2D eigenvalue weighted by Crippen LogP contribution is 2.19. The van der Waals surface area contributed by atoms with Gasteiger partial charge in [-0.25, -0.2) is 10.5 Å². The molecule has 0 atom stereocenters. The summed E-state index contributed by atoms with van der Waals surface area (Å²) in [6, 6.07) is 10.9. The molecule has 2 aromatic carbocycles. The van der Waals surface area contributed by atoms with Crippen LogP contribution in [0.1, 0.15) is 36.7 Å². The van der Waals surface area contributed by atoms with E-state index >= 15 is 0 Å². The second-order valence-electron chi connectivity index (χ2n) is 7.89. The number of nitrogens with zero attached hydrogens (tertiary/aromatic N) is 3. The van der Waals surface area contributed by atoms with Gasteiger partial charge in [-0.15, -0.1) is 0 Å². The molecule has 0 saturated heterocycles. The largest absolute Gasteiger partial charge is 0.492 e. The van der Waals surface area contributed by atoms with E-state index in [0.717, 1.165) is 12.1 Å². The first kappa shape index (κ1) is 23.4. The van der Waals surface area contributed by atoms with Crippen molar-refractivity contribution in [3.8, 4) is 11.4 Å². The van der Waals surface area contributed by atoms with Crippen LogP contribution in [0, 0.1) is 6.92 Å². The average molecular weight is 439 g/mol. The minimum absolute atomic E-state index is 0.231. The summed E-state index contributed by atoms with van der Waals surface area (Å²) in [5.41, 5.74) is 4.53. The minimum Gasteiger partial charge on any atom is -0.492 e. The number of carbonyl (C=O) groups is 1. The zero-order valence-corrected chi connectivity index (χ0v) is 19.2. The lowest BCUT2D eigenvalue weighted by Crippen LogP contribution is -2.30. The van der Waals surface area contributed by atoms with Crippen LogP contribution in [0.3, 0.4) is 0 Å². The highest BCUT2D eigenvalue weighted by molar-refractivity contribution is 5.94. The van der Waals surface area contributed by atoms with Crippen LogP contribution in [0.5, 0.6) is 5.75 Å². The van der Waals surface area contributed by atoms with Crippen molar-refractivity contribution in [3.05, 3.63) is 64.2 Å². The van der Waals surface area contributed by atoms with Crippen LogP contribution in [0.2, 0.25) is 0 Å². The molecular formula is C24H30N4O4. The van der Waals surface area contributed by atoms with Crippen LogP contribution in [-0.2, 0) is 4.84 Å². The molecule has 170 valence electrons. The molecule has 3 aromatic rings. The van der Waals surface area contributed by atoms with Crippen LogP contribution < -0.4 is 15.8 Å². The molecule has 3 rings (SSSR count). The molecule has 0 aliphatic carbocycles. The standard InChI is InChI=1S/C24H30N4O4/c1-6-32-26-23(29)18-8-7-17(4)22(13-18)28-15-25-21-10-9-19(14-20(21)24(28)30)31-12-11-27(5)16(2)3/h7-10,13-16H,6,11-12H2,1-5H3,(H,26,29). The number of aromatic nitrogens is 2. The predicted molar refractivity (Wildman–Crippen MR) is 124 cm³/mol. The molecule has 0 radical (unpaired) electrons. The molecule has 1 N–H and O–H groups in total. The third kappa shape index (κ3) is 5.33. The van der Waals surface area contributed by atoms with Crippen molar-refractivity contribution < 1.29 is 14.4 Å². The first-order valence-corrected chi connectivity index (χ1v) is 10.7. The van der Waals surface area contributed by atoms with Gasteiger partial charge in [0.25, 0.3) is 11.5 Å². The average Bonchev–Trinajstić information content (AvgIpc) is 2.78. The highest BCUT2D eigenvalue weighted by Gasteiger charge is 2.13. The Balaban J connectivity index is 1.92. The van der Waals surface area contributed by atoms with E-state index in [0.29, 0.717) is 47.2 Å². The van der Waals surface area contributed by atoms with Crippen LogP contribution in [0.4, 0.5) is 0 Å². The number of nitrogens with one attached hydrogen (secondary N) is 1. The van der Waals surface area contributed by atoms with Crippen LogP contribution >= 0.6 is 0 Å². The Morgan fingerprint density at radius 3 is 2.72 bits per heavy atom. The van der Waals surface area contributed by atoms with E-state index in [1.54, 1.807) is 37.3 Å². The maximum Gasteiger partial charge on any atom is 0.274 e. The molecule has 8 nitrogen and oxygen atoms in total. The molecule has 0 bridgehead atoms. The monoisotopic (exact) mass is 438 g/mol. The number of carbonyl (C=O) groups excluding carboxylic acids is 1. The normalized spacial score (nSPS) is 11.3. The number of likely N-dealkylation sites (N-methyl/N-ethyl adjacent to an activating group) is 1. The fourth-order valence-corrected chi connectivity index (χ4v) is 3.14. The van der Waals surface area contributed by atoms with Gasteiger partial charge < -0.3 is 9.64 Å². The molecule has 32 heavy (non-hydrogen) atoms. The van der Waals surface area contributed by atoms with Crippen molar-refractivity contribution in [2.24, 2.45) is 0 Å². The van der Waals surface area contributed by atoms with E-state index in [-0.39, 0.29) is 11.5 Å². The molecular weight excluding hydrogens is 408 g/mol. The van der Waals surface area contributed by atoms with E-state index in [1.165, 1.54) is 10.9 Å². The van der Waals surface area contributed by atoms with Gasteiger partial charge in [0.15, 0.2) is 0 Å². The Morgan fingerprint density at radius 2 is 2.00 bits per heavy atom. The van der Waals surface area contributed by atoms with Crippen molar-refractivity contribution >= 4 is 16.8 Å². The zero-order chi connectivity index (χ0) is 23.3. The molecule has 0 spiro atoms. The molecule has 1 heterocycles. The second-order valence-corrected chi connectivity index (χ2v) is 7.89. The van der Waals surface area contributed by atoms with E-state index in [4.69, 9.17) is 9.57 Å². The number of rotatable bonds is 9. The van der Waals surface area contributed by atoms with E-state index in [2.05, 4.69) is 29.2 Å². The fourth-order valence-electron chi connectivity index (χ4n) is 3.14. The Hall–Kier alpha value is -3.23. The lowest BCUT2D eigenvalue weighted by molar-refractivity contribution is 0.0364. The Bertz CT molecular complexity index is 1160. The molecule has 1 amide bonds. The number of hydrogen-bond acceptors (Lipinski definition) is 6. The predicted octanol–water partition coefficient (Wildman–Crippen LogP) is 3.09.